The van der Waals surface area contributed by atoms with Gasteiger partial charge in [0.2, 0.25) is 5.91 Å². The van der Waals surface area contributed by atoms with E-state index in [0.717, 1.165) is 11.6 Å². The molecule has 0 saturated carbocycles. The van der Waals surface area contributed by atoms with Gasteiger partial charge in [0.05, 0.1) is 18.7 Å². The lowest BCUT2D eigenvalue weighted by atomic mass is 10.2. The van der Waals surface area contributed by atoms with E-state index in [-0.39, 0.29) is 18.0 Å². The number of thioether (sulfide) groups is 1. The average Bonchev–Trinajstić information content (AvgIpc) is 2.68. The third-order valence-corrected chi connectivity index (χ3v) is 3.37. The van der Waals surface area contributed by atoms with Crippen LogP contribution in [0.1, 0.15) is 6.92 Å². The molecule has 0 radical (unpaired) electrons. The van der Waals surface area contributed by atoms with Gasteiger partial charge >= 0.3 is 0 Å². The number of nitrogens with one attached hydrogen (secondary N) is 1. The number of rotatable bonds is 4. The molecule has 0 aromatic carbocycles. The van der Waals surface area contributed by atoms with E-state index >= 15 is 0 Å². The maximum Gasteiger partial charge on any atom is 0.240 e. The molecular weight excluding hydrogens is 200 g/mol. The molecule has 4 nitrogen and oxygen atoms in total. The van der Waals surface area contributed by atoms with E-state index in [1.54, 1.807) is 23.8 Å². The molecule has 1 N–H and O–H groups in total. The Labute approximate surface area is 89.4 Å². The first-order valence-electron chi connectivity index (χ1n) is 4.73. The van der Waals surface area contributed by atoms with Crippen molar-refractivity contribution in [2.24, 2.45) is 0 Å². The Bertz CT molecular complexity index is 195. The molecule has 82 valence electrons. The molecule has 1 fully saturated rings. The first-order chi connectivity index (χ1) is 6.66. The Hall–Kier alpha value is -0.260. The van der Waals surface area contributed by atoms with E-state index in [1.165, 1.54) is 0 Å². The molecule has 0 aromatic heterocycles. The Balaban J connectivity index is 2.42. The molecule has 1 heterocycles. The number of amides is 1. The molecule has 2 unspecified atom stereocenters. The van der Waals surface area contributed by atoms with Crippen LogP contribution < -0.4 is 5.32 Å². The van der Waals surface area contributed by atoms with Crippen LogP contribution in [0.2, 0.25) is 0 Å². The first kappa shape index (κ1) is 11.8. The van der Waals surface area contributed by atoms with Gasteiger partial charge in [-0.25, -0.2) is 0 Å². The minimum absolute atomic E-state index is 0.00990. The average molecular weight is 218 g/mol. The van der Waals surface area contributed by atoms with Gasteiger partial charge in [-0.3, -0.25) is 10.1 Å². The normalized spacial score (nSPS) is 23.5. The molecule has 1 aliphatic heterocycles. The number of carbonyl (C=O) groups excluding carboxylic acids is 1. The molecule has 1 aliphatic rings. The number of likely N-dealkylation sites (N-methyl/N-ethyl adjacent to an activating group) is 1. The van der Waals surface area contributed by atoms with Gasteiger partial charge in [0.25, 0.3) is 0 Å². The molecule has 0 aliphatic carbocycles. The minimum Gasteiger partial charge on any atom is -0.383 e. The quantitative estimate of drug-likeness (QED) is 0.729. The van der Waals surface area contributed by atoms with Crippen molar-refractivity contribution >= 4 is 17.7 Å². The molecule has 14 heavy (non-hydrogen) atoms. The standard InChI is InChI=1S/C9H18N2O2S/c1-7(4-13-3)11(2)9(12)8-5-14-6-10-8/h7-8,10H,4-6H2,1-3H3. The van der Waals surface area contributed by atoms with Gasteiger partial charge in [0, 0.05) is 25.8 Å². The predicted molar refractivity (Wildman–Crippen MR) is 58.4 cm³/mol. The SMILES string of the molecule is COCC(C)N(C)C(=O)C1CSCN1. The van der Waals surface area contributed by atoms with E-state index in [9.17, 15) is 4.79 Å². The van der Waals surface area contributed by atoms with Crippen molar-refractivity contribution in [3.63, 3.8) is 0 Å². The van der Waals surface area contributed by atoms with Crippen LogP contribution >= 0.6 is 11.8 Å². The Kier molecular flexibility index (Phi) is 4.71. The summed E-state index contributed by atoms with van der Waals surface area (Å²) >= 11 is 1.76. The van der Waals surface area contributed by atoms with Crippen molar-refractivity contribution in [3.8, 4) is 0 Å². The van der Waals surface area contributed by atoms with Gasteiger partial charge in [-0.15, -0.1) is 11.8 Å². The molecular formula is C9H18N2O2S. The monoisotopic (exact) mass is 218 g/mol. The third-order valence-electron chi connectivity index (χ3n) is 2.43. The summed E-state index contributed by atoms with van der Waals surface area (Å²) in [5.74, 6) is 1.92. The molecule has 2 atom stereocenters. The lowest BCUT2D eigenvalue weighted by molar-refractivity contribution is -0.134. The fourth-order valence-corrected chi connectivity index (χ4v) is 2.30. The molecule has 1 saturated heterocycles. The zero-order chi connectivity index (χ0) is 10.6. The molecule has 0 spiro atoms. The highest BCUT2D eigenvalue weighted by Crippen LogP contribution is 2.12. The topological polar surface area (TPSA) is 41.6 Å². The van der Waals surface area contributed by atoms with E-state index in [1.807, 2.05) is 14.0 Å². The van der Waals surface area contributed by atoms with Crippen LogP contribution in [0.25, 0.3) is 0 Å². The Morgan fingerprint density at radius 3 is 3.00 bits per heavy atom. The van der Waals surface area contributed by atoms with Gasteiger partial charge in [0.15, 0.2) is 0 Å². The van der Waals surface area contributed by atoms with Crippen LogP contribution in [0, 0.1) is 0 Å². The van der Waals surface area contributed by atoms with Crippen molar-refractivity contribution in [1.29, 1.82) is 0 Å². The molecule has 1 amide bonds. The maximum atomic E-state index is 11.9. The molecule has 0 bridgehead atoms. The fourth-order valence-electron chi connectivity index (χ4n) is 1.37. The zero-order valence-corrected chi connectivity index (χ0v) is 9.76. The van der Waals surface area contributed by atoms with Gasteiger partial charge < -0.3 is 9.64 Å². The lowest BCUT2D eigenvalue weighted by Crippen LogP contribution is -2.47. The van der Waals surface area contributed by atoms with Crippen LogP contribution in [0.5, 0.6) is 0 Å². The summed E-state index contributed by atoms with van der Waals surface area (Å²) in [5, 5.41) is 3.17. The summed E-state index contributed by atoms with van der Waals surface area (Å²) in [6.45, 7) is 2.57. The largest absolute Gasteiger partial charge is 0.383 e. The Morgan fingerprint density at radius 2 is 2.50 bits per heavy atom. The van der Waals surface area contributed by atoms with Crippen LogP contribution in [0.4, 0.5) is 0 Å². The summed E-state index contributed by atoms with van der Waals surface area (Å²) in [7, 11) is 3.48. The van der Waals surface area contributed by atoms with E-state index in [0.29, 0.717) is 6.61 Å². The highest BCUT2D eigenvalue weighted by molar-refractivity contribution is 7.99. The van der Waals surface area contributed by atoms with Crippen molar-refractivity contribution in [2.75, 3.05) is 32.4 Å². The molecule has 5 heteroatoms. The van der Waals surface area contributed by atoms with Crippen molar-refractivity contribution in [2.45, 2.75) is 19.0 Å². The zero-order valence-electron chi connectivity index (χ0n) is 8.95. The van der Waals surface area contributed by atoms with Gasteiger partial charge in [-0.2, -0.15) is 0 Å². The number of hydrogen-bond donors (Lipinski definition) is 1. The molecule has 0 aromatic rings. The van der Waals surface area contributed by atoms with E-state index < -0.39 is 0 Å². The third kappa shape index (κ3) is 2.87. The van der Waals surface area contributed by atoms with Crippen LogP contribution in [-0.2, 0) is 9.53 Å². The van der Waals surface area contributed by atoms with Crippen molar-refractivity contribution in [1.82, 2.24) is 10.2 Å². The van der Waals surface area contributed by atoms with Gasteiger partial charge in [-0.05, 0) is 6.92 Å². The summed E-state index contributed by atoms with van der Waals surface area (Å²) in [4.78, 5) is 13.6. The van der Waals surface area contributed by atoms with Crippen LogP contribution in [-0.4, -0.2) is 55.3 Å². The second kappa shape index (κ2) is 5.58. The molecule has 1 rings (SSSR count). The maximum absolute atomic E-state index is 11.9. The van der Waals surface area contributed by atoms with Crippen LogP contribution in [0.15, 0.2) is 0 Å². The lowest BCUT2D eigenvalue weighted by Gasteiger charge is -2.26. The number of methoxy groups -OCH3 is 1. The predicted octanol–water partition coefficient (Wildman–Crippen LogP) is 0.142. The van der Waals surface area contributed by atoms with Crippen molar-refractivity contribution < 1.29 is 9.53 Å². The number of carbonyl (C=O) groups is 1. The highest BCUT2D eigenvalue weighted by atomic mass is 32.2. The van der Waals surface area contributed by atoms with Gasteiger partial charge in [0.1, 0.15) is 0 Å². The Morgan fingerprint density at radius 1 is 1.79 bits per heavy atom. The smallest absolute Gasteiger partial charge is 0.240 e. The number of hydrogen-bond acceptors (Lipinski definition) is 4. The van der Waals surface area contributed by atoms with E-state index in [4.69, 9.17) is 4.74 Å². The number of ether oxygens (including phenoxy) is 1. The minimum atomic E-state index is -0.00990. The summed E-state index contributed by atoms with van der Waals surface area (Å²) in [5.41, 5.74) is 0. The number of nitrogens with zero attached hydrogens (tertiary/aromatic N) is 1. The fraction of sp³-hybridized carbons (Fsp3) is 0.889. The second-order valence-corrected chi connectivity index (χ2v) is 4.56. The second-order valence-electron chi connectivity index (χ2n) is 3.53. The highest BCUT2D eigenvalue weighted by Gasteiger charge is 2.27. The van der Waals surface area contributed by atoms with E-state index in [2.05, 4.69) is 5.32 Å². The summed E-state index contributed by atoms with van der Waals surface area (Å²) < 4.78 is 5.02. The summed E-state index contributed by atoms with van der Waals surface area (Å²) in [6, 6.07) is 0.129. The van der Waals surface area contributed by atoms with Gasteiger partial charge in [-0.1, -0.05) is 0 Å². The van der Waals surface area contributed by atoms with Crippen LogP contribution in [0.3, 0.4) is 0 Å². The first-order valence-corrected chi connectivity index (χ1v) is 5.89. The van der Waals surface area contributed by atoms with Crippen molar-refractivity contribution in [3.05, 3.63) is 0 Å². The summed E-state index contributed by atoms with van der Waals surface area (Å²) in [6.07, 6.45) is 0.